The van der Waals surface area contributed by atoms with Crippen molar-refractivity contribution in [3.63, 3.8) is 0 Å². The molecule has 1 N–H and O–H groups in total. The molecule has 0 heterocycles. The van der Waals surface area contributed by atoms with E-state index in [1.165, 1.54) is 12.1 Å². The smallest absolute Gasteiger partial charge is 0.408 e. The van der Waals surface area contributed by atoms with Crippen molar-refractivity contribution in [2.75, 3.05) is 0 Å². The summed E-state index contributed by atoms with van der Waals surface area (Å²) in [6, 6.07) is 4.68. The maximum atomic E-state index is 13.8. The highest BCUT2D eigenvalue weighted by Crippen LogP contribution is 2.15. The minimum absolute atomic E-state index is 0.00319. The Hall–Kier alpha value is -2.62. The molecule has 0 spiro atoms. The van der Waals surface area contributed by atoms with Crippen molar-refractivity contribution in [3.8, 4) is 6.07 Å². The summed E-state index contributed by atoms with van der Waals surface area (Å²) < 4.78 is 24.3. The Morgan fingerprint density at radius 1 is 1.15 bits per heavy atom. The number of nitrogens with zero attached hydrogens (tertiary/aromatic N) is 1. The maximum absolute atomic E-state index is 13.8. The van der Waals surface area contributed by atoms with E-state index in [0.717, 1.165) is 6.07 Å². The van der Waals surface area contributed by atoms with Crippen LogP contribution in [0.2, 0.25) is 0 Å². The summed E-state index contributed by atoms with van der Waals surface area (Å²) in [5.41, 5.74) is -1.14. The second-order valence-corrected chi connectivity index (χ2v) is 7.86. The van der Waals surface area contributed by atoms with Crippen LogP contribution < -0.4 is 5.32 Å². The molecule has 0 saturated carbocycles. The van der Waals surface area contributed by atoms with Crippen LogP contribution >= 0.6 is 0 Å². The number of hydrogen-bond acceptors (Lipinski definition) is 5. The van der Waals surface area contributed by atoms with Crippen molar-refractivity contribution in [2.24, 2.45) is 0 Å². The number of amides is 1. The first-order chi connectivity index (χ1) is 11.8. The van der Waals surface area contributed by atoms with Crippen LogP contribution in [-0.2, 0) is 20.7 Å². The van der Waals surface area contributed by atoms with Crippen molar-refractivity contribution in [1.82, 2.24) is 5.32 Å². The summed E-state index contributed by atoms with van der Waals surface area (Å²) in [5.74, 6) is -1.35. The molecule has 0 radical (unpaired) electrons. The van der Waals surface area contributed by atoms with Crippen LogP contribution in [0.25, 0.3) is 0 Å². The van der Waals surface area contributed by atoms with Gasteiger partial charge in [-0.3, -0.25) is 0 Å². The van der Waals surface area contributed by atoms with Gasteiger partial charge in [-0.15, -0.1) is 0 Å². The SMILES string of the molecule is CC(C)(C)OC(=O)N[C@@H](Cc1ccc(C#N)c(F)c1)C(=O)OC(C)(C)C. The van der Waals surface area contributed by atoms with E-state index in [1.54, 1.807) is 47.6 Å². The number of esters is 1. The largest absolute Gasteiger partial charge is 0.458 e. The van der Waals surface area contributed by atoms with Crippen LogP contribution in [-0.4, -0.2) is 29.3 Å². The lowest BCUT2D eigenvalue weighted by Crippen LogP contribution is -2.47. The summed E-state index contributed by atoms with van der Waals surface area (Å²) in [7, 11) is 0. The average Bonchev–Trinajstić information content (AvgIpc) is 2.43. The summed E-state index contributed by atoms with van der Waals surface area (Å²) in [4.78, 5) is 24.5. The number of benzene rings is 1. The van der Waals surface area contributed by atoms with Gasteiger partial charge < -0.3 is 14.8 Å². The Labute approximate surface area is 153 Å². The normalized spacial score (nSPS) is 12.7. The lowest BCUT2D eigenvalue weighted by molar-refractivity contribution is -0.157. The summed E-state index contributed by atoms with van der Waals surface area (Å²) in [6.45, 7) is 10.2. The second kappa shape index (κ2) is 8.17. The minimum Gasteiger partial charge on any atom is -0.458 e. The third kappa shape index (κ3) is 7.51. The molecule has 1 atom stereocenters. The van der Waals surface area contributed by atoms with Crippen LogP contribution in [0, 0.1) is 17.1 Å². The monoisotopic (exact) mass is 364 g/mol. The van der Waals surface area contributed by atoms with Crippen molar-refractivity contribution >= 4 is 12.1 Å². The molecule has 1 amide bonds. The predicted octanol–water partition coefficient (Wildman–Crippen LogP) is 3.47. The number of rotatable bonds is 4. The van der Waals surface area contributed by atoms with E-state index in [-0.39, 0.29) is 12.0 Å². The van der Waals surface area contributed by atoms with Gasteiger partial charge in [0.2, 0.25) is 0 Å². The van der Waals surface area contributed by atoms with Gasteiger partial charge in [0.15, 0.2) is 0 Å². The molecule has 1 aromatic rings. The number of nitriles is 1. The number of alkyl carbamates (subject to hydrolysis) is 1. The highest BCUT2D eigenvalue weighted by Gasteiger charge is 2.29. The zero-order chi connectivity index (χ0) is 20.1. The third-order valence-corrected chi connectivity index (χ3v) is 2.98. The Bertz CT molecular complexity index is 712. The molecule has 7 heteroatoms. The van der Waals surface area contributed by atoms with E-state index in [4.69, 9.17) is 14.7 Å². The van der Waals surface area contributed by atoms with Crippen molar-refractivity contribution < 1.29 is 23.5 Å². The first-order valence-electron chi connectivity index (χ1n) is 8.21. The molecule has 0 unspecified atom stereocenters. The van der Waals surface area contributed by atoms with Crippen molar-refractivity contribution in [3.05, 3.63) is 35.1 Å². The van der Waals surface area contributed by atoms with E-state index in [9.17, 15) is 14.0 Å². The fraction of sp³-hybridized carbons (Fsp3) is 0.526. The number of carbonyl (C=O) groups is 2. The molecule has 0 fully saturated rings. The van der Waals surface area contributed by atoms with Crippen LogP contribution in [0.1, 0.15) is 52.7 Å². The zero-order valence-electron chi connectivity index (χ0n) is 16.0. The molecule has 0 saturated heterocycles. The molecular formula is C19H25FN2O4. The molecule has 0 aromatic heterocycles. The van der Waals surface area contributed by atoms with Crippen molar-refractivity contribution in [1.29, 1.82) is 5.26 Å². The number of ether oxygens (including phenoxy) is 2. The van der Waals surface area contributed by atoms with Gasteiger partial charge >= 0.3 is 12.1 Å². The number of carbonyl (C=O) groups excluding carboxylic acids is 2. The van der Waals surface area contributed by atoms with Gasteiger partial charge in [0.1, 0.15) is 29.1 Å². The first-order valence-corrected chi connectivity index (χ1v) is 8.21. The number of nitrogens with one attached hydrogen (secondary N) is 1. The highest BCUT2D eigenvalue weighted by atomic mass is 19.1. The van der Waals surface area contributed by atoms with Gasteiger partial charge in [0.25, 0.3) is 0 Å². The second-order valence-electron chi connectivity index (χ2n) is 7.86. The molecule has 0 aliphatic heterocycles. The molecule has 0 bridgehead atoms. The van der Waals surface area contributed by atoms with E-state index >= 15 is 0 Å². The fourth-order valence-electron chi connectivity index (χ4n) is 2.03. The molecule has 26 heavy (non-hydrogen) atoms. The van der Waals surface area contributed by atoms with Crippen LogP contribution in [0.15, 0.2) is 18.2 Å². The Kier molecular flexibility index (Phi) is 6.73. The standard InChI is InChI=1S/C19H25FN2O4/c1-18(2,3)25-16(23)15(22-17(24)26-19(4,5)6)10-12-7-8-13(11-21)14(20)9-12/h7-9,15H,10H2,1-6H3,(H,22,24)/t15-/m0/s1. The van der Waals surface area contributed by atoms with Crippen molar-refractivity contribution in [2.45, 2.75) is 65.2 Å². The Morgan fingerprint density at radius 3 is 2.19 bits per heavy atom. The van der Waals surface area contributed by atoms with Gasteiger partial charge in [0, 0.05) is 6.42 Å². The summed E-state index contributed by atoms with van der Waals surface area (Å²) in [5, 5.41) is 11.3. The van der Waals surface area contributed by atoms with Gasteiger partial charge in [-0.05, 0) is 59.2 Å². The van der Waals surface area contributed by atoms with E-state index in [1.807, 2.05) is 0 Å². The van der Waals surface area contributed by atoms with Gasteiger partial charge in [-0.25, -0.2) is 14.0 Å². The van der Waals surface area contributed by atoms with Gasteiger partial charge in [-0.2, -0.15) is 5.26 Å². The van der Waals surface area contributed by atoms with E-state index < -0.39 is 35.1 Å². The predicted molar refractivity (Wildman–Crippen MR) is 93.8 cm³/mol. The van der Waals surface area contributed by atoms with Gasteiger partial charge in [-0.1, -0.05) is 6.07 Å². The highest BCUT2D eigenvalue weighted by molar-refractivity contribution is 5.82. The lowest BCUT2D eigenvalue weighted by atomic mass is 10.0. The molecule has 1 aromatic carbocycles. The van der Waals surface area contributed by atoms with E-state index in [2.05, 4.69) is 5.32 Å². The average molecular weight is 364 g/mol. The topological polar surface area (TPSA) is 88.4 Å². The molecule has 6 nitrogen and oxygen atoms in total. The number of halogens is 1. The Balaban J connectivity index is 3.00. The van der Waals surface area contributed by atoms with Crippen LogP contribution in [0.3, 0.4) is 0 Å². The molecule has 0 aliphatic carbocycles. The molecule has 0 aliphatic rings. The molecule has 142 valence electrons. The van der Waals surface area contributed by atoms with Crippen LogP contribution in [0.5, 0.6) is 0 Å². The van der Waals surface area contributed by atoms with E-state index in [0.29, 0.717) is 5.56 Å². The molecule has 1 rings (SSSR count). The number of hydrogen-bond donors (Lipinski definition) is 1. The summed E-state index contributed by atoms with van der Waals surface area (Å²) in [6.07, 6.45) is -0.779. The molecular weight excluding hydrogens is 339 g/mol. The first kappa shape index (κ1) is 21.4. The Morgan fingerprint density at radius 2 is 1.73 bits per heavy atom. The van der Waals surface area contributed by atoms with Gasteiger partial charge in [0.05, 0.1) is 5.56 Å². The summed E-state index contributed by atoms with van der Waals surface area (Å²) >= 11 is 0. The third-order valence-electron chi connectivity index (χ3n) is 2.98. The fourth-order valence-corrected chi connectivity index (χ4v) is 2.03. The maximum Gasteiger partial charge on any atom is 0.408 e. The zero-order valence-corrected chi connectivity index (χ0v) is 16.0. The minimum atomic E-state index is -1.06. The quantitative estimate of drug-likeness (QED) is 0.827. The van der Waals surface area contributed by atoms with Crippen LogP contribution in [0.4, 0.5) is 9.18 Å². The lowest BCUT2D eigenvalue weighted by Gasteiger charge is -2.26.